The first-order valence-electron chi connectivity index (χ1n) is 10.9. The first-order valence-corrected chi connectivity index (χ1v) is 10.9. The van der Waals surface area contributed by atoms with E-state index in [0.717, 1.165) is 12.1 Å². The Morgan fingerprint density at radius 2 is 1.62 bits per heavy atom. The van der Waals surface area contributed by atoms with Gasteiger partial charge in [-0.15, -0.1) is 0 Å². The molecule has 34 heavy (non-hydrogen) atoms. The highest BCUT2D eigenvalue weighted by molar-refractivity contribution is 5.90. The number of hydrogen-bond donors (Lipinski definition) is 3. The van der Waals surface area contributed by atoms with Gasteiger partial charge in [0.15, 0.2) is 0 Å². The average molecular weight is 486 g/mol. The zero-order valence-electron chi connectivity index (χ0n) is 20.1. The predicted octanol–water partition coefficient (Wildman–Crippen LogP) is 2.36. The van der Waals surface area contributed by atoms with Gasteiger partial charge >= 0.3 is 12.1 Å². The van der Waals surface area contributed by atoms with Crippen LogP contribution in [0.1, 0.15) is 52.5 Å². The Morgan fingerprint density at radius 1 is 1.00 bits per heavy atom. The molecule has 9 nitrogen and oxygen atoms in total. The summed E-state index contributed by atoms with van der Waals surface area (Å²) in [7, 11) is 1.19. The van der Waals surface area contributed by atoms with Gasteiger partial charge in [0, 0.05) is 12.6 Å². The van der Waals surface area contributed by atoms with E-state index in [0.29, 0.717) is 25.5 Å². The second-order valence-electron chi connectivity index (χ2n) is 8.75. The number of hydrogen-bond acceptors (Lipinski definition) is 6. The zero-order chi connectivity index (χ0) is 25.9. The topological polar surface area (TPSA) is 123 Å². The fourth-order valence-corrected chi connectivity index (χ4v) is 2.92. The maximum Gasteiger partial charge on any atom is 0.407 e. The Morgan fingerprint density at radius 3 is 2.18 bits per heavy atom. The molecule has 0 fully saturated rings. The number of halogens is 2. The number of carbonyl (C=O) groups excluding carboxylic acids is 4. The Kier molecular flexibility index (Phi) is 11.4. The molecule has 1 rings (SSSR count). The SMILES string of the molecule is COC(=O)C(CCCCNC(=O)OC(C)(C)C)NC(=O)C(C)NC(=O)Cc1cc(F)cc(F)c1. The van der Waals surface area contributed by atoms with Gasteiger partial charge < -0.3 is 25.4 Å². The van der Waals surface area contributed by atoms with Crippen LogP contribution in [0, 0.1) is 11.6 Å². The van der Waals surface area contributed by atoms with Crippen molar-refractivity contribution < 1.29 is 37.4 Å². The highest BCUT2D eigenvalue weighted by atomic mass is 19.1. The van der Waals surface area contributed by atoms with Crippen molar-refractivity contribution in [1.82, 2.24) is 16.0 Å². The van der Waals surface area contributed by atoms with Gasteiger partial charge in [0.05, 0.1) is 13.5 Å². The van der Waals surface area contributed by atoms with Crippen molar-refractivity contribution in [3.05, 3.63) is 35.4 Å². The third-order valence-electron chi connectivity index (χ3n) is 4.45. The number of ether oxygens (including phenoxy) is 2. The van der Waals surface area contributed by atoms with Gasteiger partial charge in [-0.1, -0.05) is 0 Å². The molecule has 3 N–H and O–H groups in total. The van der Waals surface area contributed by atoms with Gasteiger partial charge in [0.2, 0.25) is 11.8 Å². The number of amides is 3. The number of alkyl carbamates (subject to hydrolysis) is 1. The van der Waals surface area contributed by atoms with Crippen LogP contribution in [0.3, 0.4) is 0 Å². The van der Waals surface area contributed by atoms with E-state index in [4.69, 9.17) is 9.47 Å². The van der Waals surface area contributed by atoms with Gasteiger partial charge in [-0.3, -0.25) is 9.59 Å². The molecule has 0 aliphatic carbocycles. The minimum Gasteiger partial charge on any atom is -0.467 e. The maximum absolute atomic E-state index is 13.3. The van der Waals surface area contributed by atoms with Crippen LogP contribution in [0.15, 0.2) is 18.2 Å². The van der Waals surface area contributed by atoms with E-state index in [1.165, 1.54) is 14.0 Å². The molecule has 0 heterocycles. The lowest BCUT2D eigenvalue weighted by Crippen LogP contribution is -2.50. The van der Waals surface area contributed by atoms with Crippen molar-refractivity contribution in [3.63, 3.8) is 0 Å². The van der Waals surface area contributed by atoms with Gasteiger partial charge in [-0.25, -0.2) is 18.4 Å². The van der Waals surface area contributed by atoms with E-state index in [1.54, 1.807) is 20.8 Å². The Labute approximate surface area is 197 Å². The molecule has 1 aromatic carbocycles. The molecule has 190 valence electrons. The third kappa shape index (κ3) is 11.6. The van der Waals surface area contributed by atoms with Crippen molar-refractivity contribution in [2.45, 2.75) is 71.1 Å². The molecule has 1 aromatic rings. The number of carbonyl (C=O) groups is 4. The number of nitrogens with one attached hydrogen (secondary N) is 3. The van der Waals surface area contributed by atoms with E-state index < -0.39 is 53.2 Å². The van der Waals surface area contributed by atoms with E-state index in [-0.39, 0.29) is 18.4 Å². The maximum atomic E-state index is 13.3. The van der Waals surface area contributed by atoms with Crippen molar-refractivity contribution in [2.24, 2.45) is 0 Å². The quantitative estimate of drug-likeness (QED) is 0.327. The molecule has 0 radical (unpaired) electrons. The molecule has 0 aliphatic rings. The highest BCUT2D eigenvalue weighted by Crippen LogP contribution is 2.09. The number of benzene rings is 1. The lowest BCUT2D eigenvalue weighted by Gasteiger charge is -2.21. The van der Waals surface area contributed by atoms with Crippen molar-refractivity contribution in [3.8, 4) is 0 Å². The summed E-state index contributed by atoms with van der Waals surface area (Å²) in [6, 6.07) is 0.789. The molecule has 0 saturated carbocycles. The van der Waals surface area contributed by atoms with Gasteiger partial charge in [0.1, 0.15) is 29.3 Å². The Bertz CT molecular complexity index is 853. The van der Waals surface area contributed by atoms with Gasteiger partial charge in [-0.05, 0) is 64.7 Å². The smallest absolute Gasteiger partial charge is 0.407 e. The fourth-order valence-electron chi connectivity index (χ4n) is 2.92. The summed E-state index contributed by atoms with van der Waals surface area (Å²) in [5.74, 6) is -3.51. The first kappa shape index (κ1) is 28.8. The summed E-state index contributed by atoms with van der Waals surface area (Å²) >= 11 is 0. The largest absolute Gasteiger partial charge is 0.467 e. The second-order valence-corrected chi connectivity index (χ2v) is 8.75. The molecule has 2 atom stereocenters. The number of esters is 1. The average Bonchev–Trinajstić information content (AvgIpc) is 2.69. The molecule has 0 aromatic heterocycles. The summed E-state index contributed by atoms with van der Waals surface area (Å²) in [5.41, 5.74) is -0.487. The fraction of sp³-hybridized carbons (Fsp3) is 0.565. The Balaban J connectivity index is 2.50. The molecule has 2 unspecified atom stereocenters. The summed E-state index contributed by atoms with van der Waals surface area (Å²) < 4.78 is 36.4. The van der Waals surface area contributed by atoms with Gasteiger partial charge in [-0.2, -0.15) is 0 Å². The van der Waals surface area contributed by atoms with E-state index in [1.807, 2.05) is 0 Å². The van der Waals surface area contributed by atoms with Crippen molar-refractivity contribution >= 4 is 23.9 Å². The minimum absolute atomic E-state index is 0.120. The summed E-state index contributed by atoms with van der Waals surface area (Å²) in [5, 5.41) is 7.56. The molecule has 0 bridgehead atoms. The van der Waals surface area contributed by atoms with Crippen LogP contribution in [0.2, 0.25) is 0 Å². The van der Waals surface area contributed by atoms with E-state index in [9.17, 15) is 28.0 Å². The predicted molar refractivity (Wildman–Crippen MR) is 120 cm³/mol. The van der Waals surface area contributed by atoms with Crippen LogP contribution in [-0.4, -0.2) is 55.2 Å². The van der Waals surface area contributed by atoms with Crippen LogP contribution >= 0.6 is 0 Å². The molecule has 0 spiro atoms. The van der Waals surface area contributed by atoms with E-state index >= 15 is 0 Å². The van der Waals surface area contributed by atoms with Crippen LogP contribution in [0.25, 0.3) is 0 Å². The summed E-state index contributed by atoms with van der Waals surface area (Å²) in [6.45, 7) is 6.99. The molecule has 11 heteroatoms. The highest BCUT2D eigenvalue weighted by Gasteiger charge is 2.25. The standard InChI is InChI=1S/C23H33F2N3O6/c1-14(27-19(29)12-15-10-16(24)13-17(25)11-15)20(30)28-18(21(31)33-5)8-6-7-9-26-22(32)34-23(2,3)4/h10-11,13-14,18H,6-9,12H2,1-5H3,(H,26,32)(H,27,29)(H,28,30). The number of methoxy groups -OCH3 is 1. The normalized spacial score (nSPS) is 12.8. The van der Waals surface area contributed by atoms with Crippen LogP contribution in [0.4, 0.5) is 13.6 Å². The first-order chi connectivity index (χ1) is 15.8. The molecule has 0 saturated heterocycles. The van der Waals surface area contributed by atoms with Crippen molar-refractivity contribution in [2.75, 3.05) is 13.7 Å². The summed E-state index contributed by atoms with van der Waals surface area (Å²) in [4.78, 5) is 48.3. The Hall–Kier alpha value is -3.24. The molecule has 3 amide bonds. The molecule has 0 aliphatic heterocycles. The second kappa shape index (κ2) is 13.5. The van der Waals surface area contributed by atoms with Crippen molar-refractivity contribution in [1.29, 1.82) is 0 Å². The zero-order valence-corrected chi connectivity index (χ0v) is 20.1. The lowest BCUT2D eigenvalue weighted by atomic mass is 10.1. The lowest BCUT2D eigenvalue weighted by molar-refractivity contribution is -0.145. The van der Waals surface area contributed by atoms with Crippen LogP contribution in [0.5, 0.6) is 0 Å². The summed E-state index contributed by atoms with van der Waals surface area (Å²) in [6.07, 6.45) is 0.395. The number of unbranched alkanes of at least 4 members (excludes halogenated alkanes) is 1. The molecular weight excluding hydrogens is 452 g/mol. The minimum atomic E-state index is -1.01. The van der Waals surface area contributed by atoms with Crippen LogP contribution in [-0.2, 0) is 30.3 Å². The number of rotatable bonds is 11. The van der Waals surface area contributed by atoms with E-state index in [2.05, 4.69) is 16.0 Å². The van der Waals surface area contributed by atoms with Gasteiger partial charge in [0.25, 0.3) is 0 Å². The molecular formula is C23H33F2N3O6. The third-order valence-corrected chi connectivity index (χ3v) is 4.45. The van der Waals surface area contributed by atoms with Crippen LogP contribution < -0.4 is 16.0 Å². The monoisotopic (exact) mass is 485 g/mol.